The second-order valence-corrected chi connectivity index (χ2v) is 6.51. The average Bonchev–Trinajstić information content (AvgIpc) is 2.48. The smallest absolute Gasteiger partial charge is 0.335 e. The van der Waals surface area contributed by atoms with Crippen LogP contribution in [0.25, 0.3) is 0 Å². The van der Waals surface area contributed by atoms with E-state index in [1.165, 1.54) is 12.1 Å². The number of hydrogen-bond donors (Lipinski definition) is 2. The number of nitrogens with one attached hydrogen (secondary N) is 1. The van der Waals surface area contributed by atoms with Crippen LogP contribution in [0.3, 0.4) is 0 Å². The number of carboxylic acids is 1. The third-order valence-corrected chi connectivity index (χ3v) is 4.25. The van der Waals surface area contributed by atoms with Gasteiger partial charge in [0, 0.05) is 0 Å². The summed E-state index contributed by atoms with van der Waals surface area (Å²) in [6.45, 7) is -0.255. The summed E-state index contributed by atoms with van der Waals surface area (Å²) in [5.74, 6) is -1.11. The van der Waals surface area contributed by atoms with E-state index in [0.29, 0.717) is 25.4 Å². The standard InChI is InChI=1S/C15H10Br2ClNO4/c16-9-5-8(15(21)22)6-10(17)14(9)23-7-13(20)19-12-4-2-1-3-11(12)18/h1-6H,7H2,(H,19,20)(H,21,22). The van der Waals surface area contributed by atoms with E-state index in [4.69, 9.17) is 21.4 Å². The SMILES string of the molecule is O=C(COc1c(Br)cc(C(=O)O)cc1Br)Nc1ccccc1Cl. The average molecular weight is 464 g/mol. The molecule has 120 valence electrons. The first-order valence-electron chi connectivity index (χ1n) is 6.28. The highest BCUT2D eigenvalue weighted by atomic mass is 79.9. The van der Waals surface area contributed by atoms with Gasteiger partial charge in [-0.25, -0.2) is 4.79 Å². The first-order chi connectivity index (χ1) is 10.9. The zero-order valence-electron chi connectivity index (χ0n) is 11.5. The molecule has 0 saturated carbocycles. The number of carbonyl (C=O) groups is 2. The molecule has 0 radical (unpaired) electrons. The fourth-order valence-corrected chi connectivity index (χ4v) is 3.31. The lowest BCUT2D eigenvalue weighted by Crippen LogP contribution is -2.20. The highest BCUT2D eigenvalue weighted by molar-refractivity contribution is 9.11. The van der Waals surface area contributed by atoms with Crippen LogP contribution in [0.4, 0.5) is 5.69 Å². The lowest BCUT2D eigenvalue weighted by Gasteiger charge is -2.12. The van der Waals surface area contributed by atoms with E-state index in [-0.39, 0.29) is 18.1 Å². The number of para-hydroxylation sites is 1. The normalized spacial score (nSPS) is 10.2. The molecule has 0 heterocycles. The first-order valence-corrected chi connectivity index (χ1v) is 8.24. The van der Waals surface area contributed by atoms with Gasteiger partial charge in [0.2, 0.25) is 0 Å². The molecular formula is C15H10Br2ClNO4. The Morgan fingerprint density at radius 1 is 1.17 bits per heavy atom. The number of halogens is 3. The van der Waals surface area contributed by atoms with Gasteiger partial charge in [-0.3, -0.25) is 4.79 Å². The summed E-state index contributed by atoms with van der Waals surface area (Å²) >= 11 is 12.4. The Balaban J connectivity index is 2.05. The second kappa shape index (κ2) is 7.81. The first kappa shape index (κ1) is 17.8. The number of ether oxygens (including phenoxy) is 1. The molecular weight excluding hydrogens is 453 g/mol. The third-order valence-electron chi connectivity index (χ3n) is 2.74. The second-order valence-electron chi connectivity index (χ2n) is 4.39. The fourth-order valence-electron chi connectivity index (χ4n) is 1.71. The third kappa shape index (κ3) is 4.70. The summed E-state index contributed by atoms with van der Waals surface area (Å²) in [5.41, 5.74) is 0.582. The van der Waals surface area contributed by atoms with Crippen LogP contribution in [0.1, 0.15) is 10.4 Å². The van der Waals surface area contributed by atoms with Crippen molar-refractivity contribution in [1.82, 2.24) is 0 Å². The van der Waals surface area contributed by atoms with Crippen molar-refractivity contribution >= 4 is 61.0 Å². The van der Waals surface area contributed by atoms with Crippen molar-refractivity contribution in [3.8, 4) is 5.75 Å². The quantitative estimate of drug-likeness (QED) is 0.681. The molecule has 0 unspecified atom stereocenters. The van der Waals surface area contributed by atoms with Crippen molar-refractivity contribution in [1.29, 1.82) is 0 Å². The van der Waals surface area contributed by atoms with E-state index in [9.17, 15) is 9.59 Å². The van der Waals surface area contributed by atoms with Crippen molar-refractivity contribution in [2.45, 2.75) is 0 Å². The Kier molecular flexibility index (Phi) is 6.04. The molecule has 0 aliphatic carbocycles. The van der Waals surface area contributed by atoms with Gasteiger partial charge in [-0.15, -0.1) is 0 Å². The predicted octanol–water partition coefficient (Wildman–Crippen LogP) is 4.58. The van der Waals surface area contributed by atoms with E-state index < -0.39 is 5.97 Å². The highest BCUT2D eigenvalue weighted by Crippen LogP contribution is 2.34. The number of carbonyl (C=O) groups excluding carboxylic acids is 1. The van der Waals surface area contributed by atoms with Crippen LogP contribution in [-0.4, -0.2) is 23.6 Å². The molecule has 2 aromatic carbocycles. The Labute approximate surface area is 153 Å². The lowest BCUT2D eigenvalue weighted by atomic mass is 10.2. The number of amides is 1. The zero-order chi connectivity index (χ0) is 17.0. The molecule has 8 heteroatoms. The minimum atomic E-state index is -1.06. The molecule has 0 bridgehead atoms. The Morgan fingerprint density at radius 3 is 2.35 bits per heavy atom. The Bertz CT molecular complexity index is 744. The summed E-state index contributed by atoms with van der Waals surface area (Å²) in [4.78, 5) is 22.9. The van der Waals surface area contributed by atoms with Gasteiger partial charge < -0.3 is 15.2 Å². The minimum absolute atomic E-state index is 0.0941. The maximum Gasteiger partial charge on any atom is 0.335 e. The van der Waals surface area contributed by atoms with Crippen molar-refractivity contribution in [2.75, 3.05) is 11.9 Å². The number of aromatic carboxylic acids is 1. The summed E-state index contributed by atoms with van der Waals surface area (Å²) in [6.07, 6.45) is 0. The van der Waals surface area contributed by atoms with E-state index in [2.05, 4.69) is 37.2 Å². The van der Waals surface area contributed by atoms with Crippen LogP contribution >= 0.6 is 43.5 Å². The molecule has 0 fully saturated rings. The zero-order valence-corrected chi connectivity index (χ0v) is 15.4. The van der Waals surface area contributed by atoms with Crippen LogP contribution in [0.2, 0.25) is 5.02 Å². The molecule has 0 atom stereocenters. The number of benzene rings is 2. The van der Waals surface area contributed by atoms with Gasteiger partial charge in [0.15, 0.2) is 6.61 Å². The molecule has 2 rings (SSSR count). The van der Waals surface area contributed by atoms with E-state index in [1.807, 2.05) is 0 Å². The van der Waals surface area contributed by atoms with E-state index in [0.717, 1.165) is 0 Å². The minimum Gasteiger partial charge on any atom is -0.481 e. The van der Waals surface area contributed by atoms with Gasteiger partial charge in [0.05, 0.1) is 25.2 Å². The van der Waals surface area contributed by atoms with Crippen LogP contribution in [0, 0.1) is 0 Å². The number of anilines is 1. The molecule has 0 aliphatic rings. The molecule has 0 aliphatic heterocycles. The molecule has 0 saturated heterocycles. The maximum atomic E-state index is 11.9. The lowest BCUT2D eigenvalue weighted by molar-refractivity contribution is -0.118. The van der Waals surface area contributed by atoms with E-state index >= 15 is 0 Å². The van der Waals surface area contributed by atoms with E-state index in [1.54, 1.807) is 24.3 Å². The molecule has 0 spiro atoms. The monoisotopic (exact) mass is 461 g/mol. The Morgan fingerprint density at radius 2 is 1.78 bits per heavy atom. The topological polar surface area (TPSA) is 75.6 Å². The van der Waals surface area contributed by atoms with Gasteiger partial charge in [-0.2, -0.15) is 0 Å². The largest absolute Gasteiger partial charge is 0.481 e. The van der Waals surface area contributed by atoms with Crippen LogP contribution in [-0.2, 0) is 4.79 Å². The number of hydrogen-bond acceptors (Lipinski definition) is 3. The molecule has 1 amide bonds. The van der Waals surface area contributed by atoms with Gasteiger partial charge in [-0.1, -0.05) is 23.7 Å². The van der Waals surface area contributed by atoms with Crippen LogP contribution < -0.4 is 10.1 Å². The van der Waals surface area contributed by atoms with Crippen molar-refractivity contribution < 1.29 is 19.4 Å². The highest BCUT2D eigenvalue weighted by Gasteiger charge is 2.14. The molecule has 0 aromatic heterocycles. The van der Waals surface area contributed by atoms with Crippen molar-refractivity contribution in [3.63, 3.8) is 0 Å². The molecule has 5 nitrogen and oxygen atoms in total. The maximum absolute atomic E-state index is 11.9. The number of rotatable bonds is 5. The number of carboxylic acid groups (broad SMARTS) is 1. The van der Waals surface area contributed by atoms with Crippen LogP contribution in [0.5, 0.6) is 5.75 Å². The fraction of sp³-hybridized carbons (Fsp3) is 0.0667. The Hall–Kier alpha value is -1.57. The van der Waals surface area contributed by atoms with Gasteiger partial charge in [-0.05, 0) is 56.1 Å². The van der Waals surface area contributed by atoms with Gasteiger partial charge in [0.25, 0.3) is 5.91 Å². The molecule has 23 heavy (non-hydrogen) atoms. The molecule has 2 aromatic rings. The van der Waals surface area contributed by atoms with Crippen LogP contribution in [0.15, 0.2) is 45.3 Å². The summed E-state index contributed by atoms with van der Waals surface area (Å²) in [5, 5.41) is 12.0. The van der Waals surface area contributed by atoms with Crippen molar-refractivity contribution in [2.24, 2.45) is 0 Å². The summed E-state index contributed by atoms with van der Waals surface area (Å²) in [6, 6.07) is 9.64. The predicted molar refractivity (Wildman–Crippen MR) is 94.4 cm³/mol. The summed E-state index contributed by atoms with van der Waals surface area (Å²) < 4.78 is 6.29. The molecule has 2 N–H and O–H groups in total. The summed E-state index contributed by atoms with van der Waals surface area (Å²) in [7, 11) is 0. The van der Waals surface area contributed by atoms with Gasteiger partial charge >= 0.3 is 5.97 Å². The van der Waals surface area contributed by atoms with Crippen molar-refractivity contribution in [3.05, 3.63) is 55.9 Å². The van der Waals surface area contributed by atoms with Gasteiger partial charge in [0.1, 0.15) is 5.75 Å².